The molecule has 8 heteroatoms. The Balaban J connectivity index is 2.16. The Morgan fingerprint density at radius 2 is 2.21 bits per heavy atom. The molecule has 0 atom stereocenters. The summed E-state index contributed by atoms with van der Waals surface area (Å²) in [5.74, 6) is -1.66. The first kappa shape index (κ1) is 12.0. The number of benzene rings is 1. The third kappa shape index (κ3) is 1.84. The molecule has 3 rings (SSSR count). The van der Waals surface area contributed by atoms with E-state index in [0.29, 0.717) is 10.2 Å². The van der Waals surface area contributed by atoms with Gasteiger partial charge in [0.25, 0.3) is 0 Å². The smallest absolute Gasteiger partial charge is 0.374 e. The zero-order valence-corrected chi connectivity index (χ0v) is 10.7. The van der Waals surface area contributed by atoms with E-state index in [0.717, 1.165) is 12.1 Å². The molecular weight excluding hydrogens is 325 g/mol. The fourth-order valence-electron chi connectivity index (χ4n) is 1.70. The Hall–Kier alpha value is -2.09. The number of hydrogen-bond donors (Lipinski definition) is 1. The van der Waals surface area contributed by atoms with Gasteiger partial charge in [-0.1, -0.05) is 5.16 Å². The molecule has 0 radical (unpaired) electrons. The molecule has 0 aliphatic carbocycles. The number of aromatic carboxylic acids is 1. The number of nitrogens with zero attached hydrogens (tertiary/aromatic N) is 1. The average molecular weight is 330 g/mol. The van der Waals surface area contributed by atoms with Gasteiger partial charge in [-0.2, -0.15) is 0 Å². The molecule has 0 bridgehead atoms. The Morgan fingerprint density at radius 1 is 1.42 bits per heavy atom. The van der Waals surface area contributed by atoms with E-state index in [2.05, 4.69) is 25.6 Å². The van der Waals surface area contributed by atoms with Crippen molar-refractivity contribution < 1.29 is 28.3 Å². The predicted molar refractivity (Wildman–Crippen MR) is 62.7 cm³/mol. The molecule has 19 heavy (non-hydrogen) atoms. The fraction of sp³-hybridized carbons (Fsp3) is 0.0909. The zero-order valence-electron chi connectivity index (χ0n) is 9.15. The van der Waals surface area contributed by atoms with Gasteiger partial charge in [-0.05, 0) is 15.9 Å². The molecule has 98 valence electrons. The van der Waals surface area contributed by atoms with Crippen molar-refractivity contribution in [2.45, 2.75) is 0 Å². The molecule has 0 saturated carbocycles. The minimum atomic E-state index is -1.28. The lowest BCUT2D eigenvalue weighted by atomic mass is 10.1. The Labute approximate surface area is 113 Å². The molecule has 0 fully saturated rings. The maximum Gasteiger partial charge on any atom is 0.374 e. The highest BCUT2D eigenvalue weighted by molar-refractivity contribution is 9.10. The van der Waals surface area contributed by atoms with Gasteiger partial charge in [0.2, 0.25) is 12.6 Å². The summed E-state index contributed by atoms with van der Waals surface area (Å²) in [7, 11) is 0. The van der Waals surface area contributed by atoms with Crippen LogP contribution in [0.3, 0.4) is 0 Å². The monoisotopic (exact) mass is 329 g/mol. The number of carboxylic acids is 1. The first-order valence-electron chi connectivity index (χ1n) is 5.06. The lowest BCUT2D eigenvalue weighted by Gasteiger charge is -2.05. The SMILES string of the molecule is O=C(O)c1cc(-c2c(F)cc3c(c2Br)OCO3)no1. The van der Waals surface area contributed by atoms with Crippen molar-refractivity contribution >= 4 is 21.9 Å². The number of carboxylic acid groups (broad SMARTS) is 1. The summed E-state index contributed by atoms with van der Waals surface area (Å²) >= 11 is 3.19. The summed E-state index contributed by atoms with van der Waals surface area (Å²) in [6.07, 6.45) is 0. The van der Waals surface area contributed by atoms with Gasteiger partial charge in [0, 0.05) is 12.1 Å². The normalized spacial score (nSPS) is 12.7. The predicted octanol–water partition coefficient (Wildman–Crippen LogP) is 2.67. The Morgan fingerprint density at radius 3 is 2.89 bits per heavy atom. The van der Waals surface area contributed by atoms with Gasteiger partial charge in [0.05, 0.1) is 10.0 Å². The minimum Gasteiger partial charge on any atom is -0.475 e. The first-order valence-corrected chi connectivity index (χ1v) is 5.85. The summed E-state index contributed by atoms with van der Waals surface area (Å²) in [6, 6.07) is 2.28. The highest BCUT2D eigenvalue weighted by Crippen LogP contribution is 2.45. The third-order valence-electron chi connectivity index (χ3n) is 2.53. The highest BCUT2D eigenvalue weighted by atomic mass is 79.9. The molecule has 2 heterocycles. The quantitative estimate of drug-likeness (QED) is 0.912. The molecule has 1 N–H and O–H groups in total. The zero-order chi connectivity index (χ0) is 13.6. The molecule has 1 aliphatic rings. The summed E-state index contributed by atoms with van der Waals surface area (Å²) in [4.78, 5) is 10.7. The molecular formula is C11H5BrFNO5. The topological polar surface area (TPSA) is 81.8 Å². The summed E-state index contributed by atoms with van der Waals surface area (Å²) in [6.45, 7) is -0.00395. The number of carbonyl (C=O) groups is 1. The van der Waals surface area contributed by atoms with Gasteiger partial charge in [-0.3, -0.25) is 0 Å². The lowest BCUT2D eigenvalue weighted by molar-refractivity contribution is 0.0652. The van der Waals surface area contributed by atoms with Crippen LogP contribution in [0.5, 0.6) is 11.5 Å². The van der Waals surface area contributed by atoms with Crippen molar-refractivity contribution in [3.63, 3.8) is 0 Å². The maximum absolute atomic E-state index is 14.0. The average Bonchev–Trinajstić information content (AvgIpc) is 2.97. The van der Waals surface area contributed by atoms with Crippen molar-refractivity contribution in [1.29, 1.82) is 0 Å². The second-order valence-electron chi connectivity index (χ2n) is 3.66. The van der Waals surface area contributed by atoms with Crippen molar-refractivity contribution in [1.82, 2.24) is 5.16 Å². The summed E-state index contributed by atoms with van der Waals surface area (Å²) in [5, 5.41) is 12.3. The number of halogens is 2. The lowest BCUT2D eigenvalue weighted by Crippen LogP contribution is -1.93. The van der Waals surface area contributed by atoms with E-state index in [-0.39, 0.29) is 29.6 Å². The second-order valence-corrected chi connectivity index (χ2v) is 4.46. The molecule has 1 aliphatic heterocycles. The third-order valence-corrected chi connectivity index (χ3v) is 3.29. The van der Waals surface area contributed by atoms with E-state index in [1.165, 1.54) is 0 Å². The van der Waals surface area contributed by atoms with Crippen molar-refractivity contribution in [2.24, 2.45) is 0 Å². The van der Waals surface area contributed by atoms with E-state index in [1.807, 2.05) is 0 Å². The molecule has 0 saturated heterocycles. The van der Waals surface area contributed by atoms with Crippen molar-refractivity contribution in [3.8, 4) is 22.8 Å². The first-order chi connectivity index (χ1) is 9.08. The number of hydrogen-bond acceptors (Lipinski definition) is 5. The number of ether oxygens (including phenoxy) is 2. The minimum absolute atomic E-state index is 0.00395. The Bertz CT molecular complexity index is 684. The van der Waals surface area contributed by atoms with Crippen LogP contribution in [-0.4, -0.2) is 23.0 Å². The van der Waals surface area contributed by atoms with E-state index < -0.39 is 11.8 Å². The summed E-state index contributed by atoms with van der Waals surface area (Å²) in [5.41, 5.74) is 0.112. The van der Waals surface area contributed by atoms with Crippen LogP contribution >= 0.6 is 15.9 Å². The van der Waals surface area contributed by atoms with E-state index in [9.17, 15) is 9.18 Å². The molecule has 6 nitrogen and oxygen atoms in total. The number of rotatable bonds is 2. The molecule has 0 unspecified atom stereocenters. The van der Waals surface area contributed by atoms with Crippen molar-refractivity contribution in [2.75, 3.05) is 6.79 Å². The molecule has 2 aromatic rings. The fourth-order valence-corrected chi connectivity index (χ4v) is 2.40. The van der Waals surface area contributed by atoms with Crippen LogP contribution in [0.2, 0.25) is 0 Å². The van der Waals surface area contributed by atoms with Gasteiger partial charge in [0.1, 0.15) is 11.5 Å². The Kier molecular flexibility index (Phi) is 2.67. The van der Waals surface area contributed by atoms with Gasteiger partial charge in [-0.15, -0.1) is 0 Å². The van der Waals surface area contributed by atoms with E-state index >= 15 is 0 Å². The van der Waals surface area contributed by atoms with Crippen LogP contribution in [-0.2, 0) is 0 Å². The van der Waals surface area contributed by atoms with E-state index in [4.69, 9.17) is 14.6 Å². The van der Waals surface area contributed by atoms with Crippen LogP contribution in [0.4, 0.5) is 4.39 Å². The number of aromatic nitrogens is 1. The van der Waals surface area contributed by atoms with E-state index in [1.54, 1.807) is 0 Å². The van der Waals surface area contributed by atoms with Crippen molar-refractivity contribution in [3.05, 3.63) is 28.2 Å². The molecule has 0 spiro atoms. The van der Waals surface area contributed by atoms with Crippen LogP contribution in [0.1, 0.15) is 10.6 Å². The van der Waals surface area contributed by atoms with Crippen LogP contribution in [0, 0.1) is 5.82 Å². The van der Waals surface area contributed by atoms with Crippen LogP contribution in [0.25, 0.3) is 11.3 Å². The molecule has 0 amide bonds. The van der Waals surface area contributed by atoms with Gasteiger partial charge in [0.15, 0.2) is 11.5 Å². The van der Waals surface area contributed by atoms with Crippen LogP contribution in [0.15, 0.2) is 21.1 Å². The van der Waals surface area contributed by atoms with Gasteiger partial charge >= 0.3 is 5.97 Å². The number of fused-ring (bicyclic) bond motifs is 1. The highest BCUT2D eigenvalue weighted by Gasteiger charge is 2.26. The standard InChI is InChI=1S/C11H5BrFNO5/c12-9-8(5-2-7(11(15)16)19-14-5)4(13)1-6-10(9)18-3-17-6/h1-2H,3H2,(H,15,16). The summed E-state index contributed by atoms with van der Waals surface area (Å²) < 4.78 is 29.2. The molecule has 1 aromatic heterocycles. The van der Waals surface area contributed by atoms with Gasteiger partial charge < -0.3 is 19.1 Å². The van der Waals surface area contributed by atoms with Gasteiger partial charge in [-0.25, -0.2) is 9.18 Å². The van der Waals surface area contributed by atoms with Crippen LogP contribution < -0.4 is 9.47 Å². The molecule has 1 aromatic carbocycles. The largest absolute Gasteiger partial charge is 0.475 e. The second kappa shape index (κ2) is 4.23. The maximum atomic E-state index is 14.0.